The summed E-state index contributed by atoms with van der Waals surface area (Å²) in [5.74, 6) is 2.47. The molecule has 1 spiro atoms. The molecule has 2 saturated heterocycles. The molecule has 1 N–H and O–H groups in total. The smallest absolute Gasteiger partial charge is 0.0795 e. The first-order valence-electron chi connectivity index (χ1n) is 8.43. The zero-order valence-corrected chi connectivity index (χ0v) is 13.4. The van der Waals surface area contributed by atoms with Crippen molar-refractivity contribution in [3.8, 4) is 0 Å². The maximum atomic E-state index is 6.07. The molecule has 0 aromatic carbocycles. The first-order valence-corrected chi connectivity index (χ1v) is 9.59. The molecule has 0 amide bonds. The third-order valence-corrected chi connectivity index (χ3v) is 6.22. The summed E-state index contributed by atoms with van der Waals surface area (Å²) in [6, 6.07) is 0.636. The molecule has 0 aromatic heterocycles. The molecular formula is C16H29NO2S. The molecule has 3 aliphatic rings. The van der Waals surface area contributed by atoms with Crippen LogP contribution in [0.5, 0.6) is 0 Å². The van der Waals surface area contributed by atoms with Crippen LogP contribution in [0.1, 0.15) is 51.4 Å². The summed E-state index contributed by atoms with van der Waals surface area (Å²) in [4.78, 5) is 0. The molecule has 116 valence electrons. The molecular weight excluding hydrogens is 270 g/mol. The van der Waals surface area contributed by atoms with Gasteiger partial charge in [0.15, 0.2) is 0 Å². The molecule has 20 heavy (non-hydrogen) atoms. The minimum absolute atomic E-state index is 0.199. The minimum Gasteiger partial charge on any atom is -0.377 e. The van der Waals surface area contributed by atoms with E-state index in [1.54, 1.807) is 0 Å². The second-order valence-electron chi connectivity index (χ2n) is 6.61. The van der Waals surface area contributed by atoms with E-state index in [0.29, 0.717) is 12.1 Å². The van der Waals surface area contributed by atoms with Gasteiger partial charge in [-0.15, -0.1) is 0 Å². The molecule has 2 aliphatic heterocycles. The number of nitrogens with one attached hydrogen (secondary N) is 1. The molecule has 2 heterocycles. The lowest BCUT2D eigenvalue weighted by Crippen LogP contribution is -2.47. The van der Waals surface area contributed by atoms with E-state index in [1.165, 1.54) is 56.5 Å². The van der Waals surface area contributed by atoms with Gasteiger partial charge in [0, 0.05) is 24.9 Å². The van der Waals surface area contributed by atoms with Crippen LogP contribution in [-0.2, 0) is 9.47 Å². The predicted molar refractivity (Wildman–Crippen MR) is 84.5 cm³/mol. The second-order valence-corrected chi connectivity index (χ2v) is 7.71. The van der Waals surface area contributed by atoms with Gasteiger partial charge in [-0.05, 0) is 37.9 Å². The summed E-state index contributed by atoms with van der Waals surface area (Å²) in [5.41, 5.74) is 0.199. The number of ether oxygens (including phenoxy) is 2. The standard InChI is InChI=1S/C16H29NO2S/c1-2-4-15(5-3-1)18-10-8-17-14-6-9-19-16(12-14)7-11-20-13-16/h14-15,17H,1-13H2. The van der Waals surface area contributed by atoms with Gasteiger partial charge < -0.3 is 14.8 Å². The lowest BCUT2D eigenvalue weighted by atomic mass is 9.90. The molecule has 2 atom stereocenters. The van der Waals surface area contributed by atoms with Crippen LogP contribution < -0.4 is 5.32 Å². The van der Waals surface area contributed by atoms with E-state index < -0.39 is 0 Å². The zero-order chi connectivity index (χ0) is 13.7. The minimum atomic E-state index is 0.199. The van der Waals surface area contributed by atoms with Crippen molar-refractivity contribution in [2.45, 2.75) is 69.1 Å². The van der Waals surface area contributed by atoms with Crippen molar-refractivity contribution in [3.63, 3.8) is 0 Å². The van der Waals surface area contributed by atoms with E-state index in [9.17, 15) is 0 Å². The first kappa shape index (κ1) is 15.1. The summed E-state index contributed by atoms with van der Waals surface area (Å²) >= 11 is 2.05. The fourth-order valence-corrected chi connectivity index (χ4v) is 5.16. The van der Waals surface area contributed by atoms with Gasteiger partial charge in [-0.1, -0.05) is 19.3 Å². The average Bonchev–Trinajstić information content (AvgIpc) is 2.93. The Labute approximate surface area is 127 Å². The van der Waals surface area contributed by atoms with Crippen molar-refractivity contribution in [1.82, 2.24) is 5.32 Å². The highest BCUT2D eigenvalue weighted by atomic mass is 32.2. The van der Waals surface area contributed by atoms with E-state index in [0.717, 1.165) is 26.2 Å². The Morgan fingerprint density at radius 1 is 1.20 bits per heavy atom. The molecule has 0 radical (unpaired) electrons. The van der Waals surface area contributed by atoms with E-state index >= 15 is 0 Å². The number of thioether (sulfide) groups is 1. The van der Waals surface area contributed by atoms with Crippen molar-refractivity contribution in [2.24, 2.45) is 0 Å². The topological polar surface area (TPSA) is 30.5 Å². The zero-order valence-electron chi connectivity index (χ0n) is 12.6. The van der Waals surface area contributed by atoms with Gasteiger partial charge in [0.05, 0.1) is 18.3 Å². The van der Waals surface area contributed by atoms with Crippen molar-refractivity contribution >= 4 is 11.8 Å². The van der Waals surface area contributed by atoms with Crippen LogP contribution in [0.3, 0.4) is 0 Å². The molecule has 0 bridgehead atoms. The van der Waals surface area contributed by atoms with Gasteiger partial charge in [0.2, 0.25) is 0 Å². The van der Waals surface area contributed by atoms with Gasteiger partial charge >= 0.3 is 0 Å². The number of hydrogen-bond acceptors (Lipinski definition) is 4. The lowest BCUT2D eigenvalue weighted by Gasteiger charge is -2.38. The van der Waals surface area contributed by atoms with E-state index in [4.69, 9.17) is 9.47 Å². The van der Waals surface area contributed by atoms with Crippen molar-refractivity contribution in [2.75, 3.05) is 31.3 Å². The Bertz CT molecular complexity index is 288. The van der Waals surface area contributed by atoms with Crippen molar-refractivity contribution in [1.29, 1.82) is 0 Å². The summed E-state index contributed by atoms with van der Waals surface area (Å²) in [6.45, 7) is 2.82. The molecule has 2 unspecified atom stereocenters. The Hall–Kier alpha value is 0.230. The van der Waals surface area contributed by atoms with Crippen LogP contribution in [0.15, 0.2) is 0 Å². The molecule has 3 rings (SSSR count). The van der Waals surface area contributed by atoms with Gasteiger partial charge in [0.1, 0.15) is 0 Å². The summed E-state index contributed by atoms with van der Waals surface area (Å²) in [6.07, 6.45) is 10.8. The molecule has 1 aliphatic carbocycles. The predicted octanol–water partition coefficient (Wildman–Crippen LogP) is 2.98. The van der Waals surface area contributed by atoms with Crippen molar-refractivity contribution < 1.29 is 9.47 Å². The maximum Gasteiger partial charge on any atom is 0.0795 e. The monoisotopic (exact) mass is 299 g/mol. The van der Waals surface area contributed by atoms with E-state index in [2.05, 4.69) is 17.1 Å². The van der Waals surface area contributed by atoms with Gasteiger partial charge in [-0.25, -0.2) is 0 Å². The lowest BCUT2D eigenvalue weighted by molar-refractivity contribution is -0.0711. The highest BCUT2D eigenvalue weighted by molar-refractivity contribution is 7.99. The Morgan fingerprint density at radius 2 is 2.10 bits per heavy atom. The summed E-state index contributed by atoms with van der Waals surface area (Å²) in [7, 11) is 0. The largest absolute Gasteiger partial charge is 0.377 e. The molecule has 3 nitrogen and oxygen atoms in total. The number of hydrogen-bond donors (Lipinski definition) is 1. The quantitative estimate of drug-likeness (QED) is 0.791. The van der Waals surface area contributed by atoms with Gasteiger partial charge in [-0.3, -0.25) is 0 Å². The van der Waals surface area contributed by atoms with Crippen LogP contribution in [0.25, 0.3) is 0 Å². The third-order valence-electron chi connectivity index (χ3n) is 5.00. The summed E-state index contributed by atoms with van der Waals surface area (Å²) in [5, 5.41) is 3.70. The Kier molecular flexibility index (Phi) is 5.66. The average molecular weight is 299 g/mol. The fraction of sp³-hybridized carbons (Fsp3) is 1.00. The van der Waals surface area contributed by atoms with Gasteiger partial charge in [0.25, 0.3) is 0 Å². The SMILES string of the molecule is C1CCC(OCCNC2CCOC3(CCSC3)C2)CC1. The third kappa shape index (κ3) is 4.12. The Balaban J connectivity index is 1.31. The molecule has 0 aromatic rings. The molecule has 1 saturated carbocycles. The first-order chi connectivity index (χ1) is 9.86. The van der Waals surface area contributed by atoms with Gasteiger partial charge in [-0.2, -0.15) is 11.8 Å². The highest BCUT2D eigenvalue weighted by Crippen LogP contribution is 2.38. The molecule has 4 heteroatoms. The van der Waals surface area contributed by atoms with Crippen LogP contribution in [-0.4, -0.2) is 49.0 Å². The van der Waals surface area contributed by atoms with Crippen LogP contribution in [0, 0.1) is 0 Å². The molecule has 3 fully saturated rings. The van der Waals surface area contributed by atoms with E-state index in [-0.39, 0.29) is 5.60 Å². The van der Waals surface area contributed by atoms with Crippen LogP contribution in [0.4, 0.5) is 0 Å². The highest BCUT2D eigenvalue weighted by Gasteiger charge is 2.40. The second kappa shape index (κ2) is 7.48. The number of rotatable bonds is 5. The van der Waals surface area contributed by atoms with Crippen LogP contribution >= 0.6 is 11.8 Å². The van der Waals surface area contributed by atoms with Crippen LogP contribution in [0.2, 0.25) is 0 Å². The summed E-state index contributed by atoms with van der Waals surface area (Å²) < 4.78 is 12.1. The normalized spacial score (nSPS) is 35.7. The Morgan fingerprint density at radius 3 is 2.90 bits per heavy atom. The van der Waals surface area contributed by atoms with Crippen molar-refractivity contribution in [3.05, 3.63) is 0 Å². The maximum absolute atomic E-state index is 6.07. The van der Waals surface area contributed by atoms with E-state index in [1.807, 2.05) is 0 Å². The fourth-order valence-electron chi connectivity index (χ4n) is 3.79.